The number of amidine groups is 1. The van der Waals surface area contributed by atoms with Crippen molar-refractivity contribution in [1.29, 1.82) is 0 Å². The molecule has 1 heterocycles. The largest absolute Gasteiger partial charge is 0.416 e. The molecule has 1 aliphatic rings. The summed E-state index contributed by atoms with van der Waals surface area (Å²) < 4.78 is 65.4. The molecule has 0 fully saturated rings. The summed E-state index contributed by atoms with van der Waals surface area (Å²) in [6.07, 6.45) is -4.05. The Hall–Kier alpha value is -2.88. The number of rotatable bonds is 6. The summed E-state index contributed by atoms with van der Waals surface area (Å²) >= 11 is 0. The van der Waals surface area contributed by atoms with E-state index < -0.39 is 27.8 Å². The van der Waals surface area contributed by atoms with Gasteiger partial charge in [-0.15, -0.1) is 0 Å². The lowest BCUT2D eigenvalue weighted by Gasteiger charge is -2.23. The Morgan fingerprint density at radius 1 is 1.09 bits per heavy atom. The average Bonchev–Trinajstić information content (AvgIpc) is 2.96. The summed E-state index contributed by atoms with van der Waals surface area (Å²) in [5.74, 6) is -0.141. The van der Waals surface area contributed by atoms with Crippen LogP contribution in [0.25, 0.3) is 0 Å². The summed E-state index contributed by atoms with van der Waals surface area (Å²) in [4.78, 5) is 19.1. The first-order valence-electron chi connectivity index (χ1n) is 9.99. The number of hydrogen-bond donors (Lipinski definition) is 1. The zero-order valence-corrected chi connectivity index (χ0v) is 18.7. The molecule has 1 amide bonds. The van der Waals surface area contributed by atoms with Crippen molar-refractivity contribution in [2.45, 2.75) is 43.9 Å². The van der Waals surface area contributed by atoms with Crippen molar-refractivity contribution in [2.24, 2.45) is 10.9 Å². The monoisotopic (exact) mass is 467 g/mol. The molecule has 1 N–H and O–H groups in total. The van der Waals surface area contributed by atoms with E-state index in [0.717, 1.165) is 12.1 Å². The molecule has 6 nitrogen and oxygen atoms in total. The molecule has 0 bridgehead atoms. The van der Waals surface area contributed by atoms with Crippen LogP contribution in [0.5, 0.6) is 0 Å². The van der Waals surface area contributed by atoms with E-state index in [1.165, 1.54) is 23.1 Å². The van der Waals surface area contributed by atoms with Crippen molar-refractivity contribution < 1.29 is 26.4 Å². The Kier molecular flexibility index (Phi) is 6.64. The van der Waals surface area contributed by atoms with Gasteiger partial charge in [0.25, 0.3) is 10.0 Å². The highest BCUT2D eigenvalue weighted by molar-refractivity contribution is 7.90. The summed E-state index contributed by atoms with van der Waals surface area (Å²) in [5, 5.41) is 0. The highest BCUT2D eigenvalue weighted by atomic mass is 32.2. The van der Waals surface area contributed by atoms with Crippen molar-refractivity contribution in [3.8, 4) is 0 Å². The predicted molar refractivity (Wildman–Crippen MR) is 114 cm³/mol. The minimum Gasteiger partial charge on any atom is -0.340 e. The molecule has 2 aromatic carbocycles. The summed E-state index contributed by atoms with van der Waals surface area (Å²) in [5.41, 5.74) is 0.183. The molecule has 1 unspecified atom stereocenters. The lowest BCUT2D eigenvalue weighted by atomic mass is 10.0. The van der Waals surface area contributed by atoms with Crippen LogP contribution in [-0.4, -0.2) is 38.2 Å². The normalized spacial score (nSPS) is 17.2. The Labute approximate surface area is 185 Å². The number of carbonyl (C=O) groups is 1. The Morgan fingerprint density at radius 3 is 2.31 bits per heavy atom. The fraction of sp³-hybridized carbons (Fsp3) is 0.364. The van der Waals surface area contributed by atoms with Gasteiger partial charge >= 0.3 is 6.18 Å². The lowest BCUT2D eigenvalue weighted by molar-refractivity contribution is -0.137. The van der Waals surface area contributed by atoms with Crippen LogP contribution in [0, 0.1) is 5.92 Å². The summed E-state index contributed by atoms with van der Waals surface area (Å²) in [7, 11) is -2.20. The van der Waals surface area contributed by atoms with Crippen LogP contribution in [-0.2, 0) is 27.5 Å². The standard InChI is InChI=1S/C22H24F3N3O3S/c1-14(2)12-18(26-20-17-6-4-5-7-19(17)32(30,31)27-20)21(29)28(3)13-15-8-10-16(11-9-15)22(23,24)25/h4-11,14,18H,12-13H2,1-3H3,(H,26,27). The maximum Gasteiger partial charge on any atom is 0.416 e. The molecular formula is C22H24F3N3O3S. The van der Waals surface area contributed by atoms with E-state index in [9.17, 15) is 26.4 Å². The van der Waals surface area contributed by atoms with Gasteiger partial charge in [-0.25, -0.2) is 8.42 Å². The molecule has 0 radical (unpaired) electrons. The van der Waals surface area contributed by atoms with Crippen LogP contribution in [0.1, 0.15) is 37.0 Å². The van der Waals surface area contributed by atoms with Crippen LogP contribution in [0.2, 0.25) is 0 Å². The van der Waals surface area contributed by atoms with Gasteiger partial charge in [-0.05, 0) is 42.2 Å². The third kappa shape index (κ3) is 5.29. The zero-order chi connectivity index (χ0) is 23.7. The van der Waals surface area contributed by atoms with Crippen molar-refractivity contribution in [3.63, 3.8) is 0 Å². The van der Waals surface area contributed by atoms with Gasteiger partial charge in [0.15, 0.2) is 0 Å². The van der Waals surface area contributed by atoms with Gasteiger partial charge in [0, 0.05) is 19.2 Å². The molecule has 1 atom stereocenters. The number of sulfonamides is 1. The second-order valence-electron chi connectivity index (χ2n) is 8.11. The highest BCUT2D eigenvalue weighted by Gasteiger charge is 2.33. The smallest absolute Gasteiger partial charge is 0.340 e. The van der Waals surface area contributed by atoms with Crippen molar-refractivity contribution in [3.05, 3.63) is 65.2 Å². The van der Waals surface area contributed by atoms with E-state index >= 15 is 0 Å². The van der Waals surface area contributed by atoms with Gasteiger partial charge < -0.3 is 4.90 Å². The van der Waals surface area contributed by atoms with Crippen LogP contribution in [0.4, 0.5) is 13.2 Å². The molecule has 172 valence electrons. The minimum atomic E-state index is -4.43. The average molecular weight is 468 g/mol. The van der Waals surface area contributed by atoms with E-state index in [2.05, 4.69) is 9.71 Å². The number of fused-ring (bicyclic) bond motifs is 1. The fourth-order valence-electron chi connectivity index (χ4n) is 3.45. The Balaban J connectivity index is 1.83. The number of halogens is 3. The molecule has 2 aromatic rings. The third-order valence-corrected chi connectivity index (χ3v) is 6.40. The number of aliphatic imine (C=N–C) groups is 1. The van der Waals surface area contributed by atoms with Crippen LogP contribution < -0.4 is 4.72 Å². The summed E-state index contributed by atoms with van der Waals surface area (Å²) in [6, 6.07) is 10.1. The van der Waals surface area contributed by atoms with E-state index in [1.807, 2.05) is 13.8 Å². The highest BCUT2D eigenvalue weighted by Crippen LogP contribution is 2.29. The molecule has 0 aromatic heterocycles. The first-order valence-corrected chi connectivity index (χ1v) is 11.5. The fourth-order valence-corrected chi connectivity index (χ4v) is 4.69. The minimum absolute atomic E-state index is 0.0960. The molecule has 0 saturated carbocycles. The molecule has 0 aliphatic carbocycles. The number of benzene rings is 2. The first kappa shape index (κ1) is 23.8. The molecule has 0 spiro atoms. The van der Waals surface area contributed by atoms with Crippen LogP contribution >= 0.6 is 0 Å². The lowest BCUT2D eigenvalue weighted by Crippen LogP contribution is -2.37. The number of alkyl halides is 3. The van der Waals surface area contributed by atoms with Crippen molar-refractivity contribution in [2.75, 3.05) is 7.05 Å². The molecule has 0 saturated heterocycles. The second-order valence-corrected chi connectivity index (χ2v) is 9.76. The van der Waals surface area contributed by atoms with E-state index in [1.54, 1.807) is 25.2 Å². The van der Waals surface area contributed by atoms with Gasteiger partial charge in [-0.1, -0.05) is 38.1 Å². The zero-order valence-electron chi connectivity index (χ0n) is 17.8. The second kappa shape index (κ2) is 8.93. The van der Waals surface area contributed by atoms with Crippen LogP contribution in [0.3, 0.4) is 0 Å². The van der Waals surface area contributed by atoms with Gasteiger partial charge in [0.05, 0.1) is 10.5 Å². The third-order valence-electron chi connectivity index (χ3n) is 5.00. The Bertz CT molecular complexity index is 1130. The number of carbonyl (C=O) groups excluding carboxylic acids is 1. The van der Waals surface area contributed by atoms with Crippen molar-refractivity contribution in [1.82, 2.24) is 9.62 Å². The molecule has 32 heavy (non-hydrogen) atoms. The Morgan fingerprint density at radius 2 is 1.72 bits per heavy atom. The topological polar surface area (TPSA) is 78.8 Å². The van der Waals surface area contributed by atoms with Gasteiger partial charge in [0.1, 0.15) is 11.9 Å². The van der Waals surface area contributed by atoms with E-state index in [0.29, 0.717) is 17.5 Å². The number of likely N-dealkylation sites (N-methyl/N-ethyl adjacent to an activating group) is 1. The number of amides is 1. The van der Waals surface area contributed by atoms with Gasteiger partial charge in [-0.3, -0.25) is 14.5 Å². The van der Waals surface area contributed by atoms with Crippen LogP contribution in [0.15, 0.2) is 58.4 Å². The number of hydrogen-bond acceptors (Lipinski definition) is 4. The predicted octanol–water partition coefficient (Wildman–Crippen LogP) is 3.82. The SMILES string of the molecule is CC(C)CC(N=C1NS(=O)(=O)c2ccccc21)C(=O)N(C)Cc1ccc(C(F)(F)F)cc1. The number of nitrogens with zero attached hydrogens (tertiary/aromatic N) is 2. The van der Waals surface area contributed by atoms with Gasteiger partial charge in [0.2, 0.25) is 5.91 Å². The van der Waals surface area contributed by atoms with E-state index in [-0.39, 0.29) is 29.1 Å². The maximum absolute atomic E-state index is 13.1. The quantitative estimate of drug-likeness (QED) is 0.702. The molecule has 10 heteroatoms. The molecule has 3 rings (SSSR count). The number of nitrogens with one attached hydrogen (secondary N) is 1. The summed E-state index contributed by atoms with van der Waals surface area (Å²) in [6.45, 7) is 3.94. The maximum atomic E-state index is 13.1. The van der Waals surface area contributed by atoms with Crippen molar-refractivity contribution >= 4 is 21.8 Å². The first-order chi connectivity index (χ1) is 14.9. The van der Waals surface area contributed by atoms with E-state index in [4.69, 9.17) is 0 Å². The molecular weight excluding hydrogens is 443 g/mol. The van der Waals surface area contributed by atoms with Gasteiger partial charge in [-0.2, -0.15) is 13.2 Å². The molecule has 1 aliphatic heterocycles.